The van der Waals surface area contributed by atoms with Crippen LogP contribution < -0.4 is 10.6 Å². The fraction of sp³-hybridized carbons (Fsp3) is 0.500. The Hall–Kier alpha value is -1.83. The normalized spacial score (nSPS) is 18.8. The summed E-state index contributed by atoms with van der Waals surface area (Å²) in [5.74, 6) is -0.0501. The monoisotopic (exact) mass is 358 g/mol. The van der Waals surface area contributed by atoms with Gasteiger partial charge in [-0.2, -0.15) is 0 Å². The van der Waals surface area contributed by atoms with E-state index in [1.165, 1.54) is 10.4 Å². The summed E-state index contributed by atoms with van der Waals surface area (Å²) >= 11 is 1.60. The highest BCUT2D eigenvalue weighted by Crippen LogP contribution is 2.43. The van der Waals surface area contributed by atoms with Gasteiger partial charge < -0.3 is 15.4 Å². The number of hydrogen-bond acceptors (Lipinski definition) is 6. The maximum atomic E-state index is 12.6. The van der Waals surface area contributed by atoms with Gasteiger partial charge in [-0.3, -0.25) is 14.8 Å². The number of rotatable bonds is 3. The molecule has 2 aliphatic heterocycles. The molecule has 0 saturated carbocycles. The molecule has 1 spiro atoms. The third-order valence-electron chi connectivity index (χ3n) is 4.91. The molecular formula is C18H22N4O2S. The SMILES string of the molecule is Cc1cnc(CNC(=O)c2cc3c(s2)CCOC32CCNCC2)cn1. The van der Waals surface area contributed by atoms with Gasteiger partial charge >= 0.3 is 0 Å². The highest BCUT2D eigenvalue weighted by molar-refractivity contribution is 7.14. The van der Waals surface area contributed by atoms with Crippen LogP contribution in [-0.2, 0) is 23.3 Å². The molecule has 0 unspecified atom stereocenters. The van der Waals surface area contributed by atoms with Crippen molar-refractivity contribution in [3.05, 3.63) is 45.2 Å². The average molecular weight is 358 g/mol. The summed E-state index contributed by atoms with van der Waals surface area (Å²) in [5.41, 5.74) is 2.66. The summed E-state index contributed by atoms with van der Waals surface area (Å²) in [6.07, 6.45) is 6.25. The second kappa shape index (κ2) is 6.82. The zero-order valence-corrected chi connectivity index (χ0v) is 15.1. The van der Waals surface area contributed by atoms with Crippen LogP contribution in [0.15, 0.2) is 18.5 Å². The van der Waals surface area contributed by atoms with Crippen molar-refractivity contribution >= 4 is 17.2 Å². The molecule has 1 fully saturated rings. The predicted molar refractivity (Wildman–Crippen MR) is 95.7 cm³/mol. The largest absolute Gasteiger partial charge is 0.370 e. The first-order chi connectivity index (χ1) is 12.2. The molecule has 0 aromatic carbocycles. The molecule has 0 radical (unpaired) electrons. The van der Waals surface area contributed by atoms with Crippen LogP contribution in [-0.4, -0.2) is 35.6 Å². The summed E-state index contributed by atoms with van der Waals surface area (Å²) in [6.45, 7) is 4.95. The third kappa shape index (κ3) is 3.31. The van der Waals surface area contributed by atoms with Crippen LogP contribution in [0.2, 0.25) is 0 Å². The summed E-state index contributed by atoms with van der Waals surface area (Å²) in [7, 11) is 0. The van der Waals surface area contributed by atoms with Crippen LogP contribution in [0, 0.1) is 6.92 Å². The van der Waals surface area contributed by atoms with Crippen molar-refractivity contribution in [3.8, 4) is 0 Å². The van der Waals surface area contributed by atoms with Crippen molar-refractivity contribution in [2.24, 2.45) is 0 Å². The molecule has 0 atom stereocenters. The second-order valence-corrected chi connectivity index (χ2v) is 7.76. The maximum Gasteiger partial charge on any atom is 0.261 e. The molecule has 25 heavy (non-hydrogen) atoms. The van der Waals surface area contributed by atoms with Gasteiger partial charge in [-0.05, 0) is 44.5 Å². The molecular weight excluding hydrogens is 336 g/mol. The summed E-state index contributed by atoms with van der Waals surface area (Å²) in [4.78, 5) is 23.1. The second-order valence-electron chi connectivity index (χ2n) is 6.62. The van der Waals surface area contributed by atoms with Crippen molar-refractivity contribution in [1.82, 2.24) is 20.6 Å². The Kier molecular flexibility index (Phi) is 4.54. The minimum Gasteiger partial charge on any atom is -0.370 e. The molecule has 1 amide bonds. The molecule has 1 saturated heterocycles. The van der Waals surface area contributed by atoms with E-state index in [0.29, 0.717) is 6.54 Å². The van der Waals surface area contributed by atoms with Gasteiger partial charge in [-0.25, -0.2) is 0 Å². The van der Waals surface area contributed by atoms with Crippen LogP contribution in [0.1, 0.15) is 44.3 Å². The molecule has 2 aromatic heterocycles. The summed E-state index contributed by atoms with van der Waals surface area (Å²) < 4.78 is 6.18. The molecule has 0 bridgehead atoms. The molecule has 2 aromatic rings. The van der Waals surface area contributed by atoms with E-state index in [-0.39, 0.29) is 11.5 Å². The van der Waals surface area contributed by atoms with Gasteiger partial charge in [0, 0.05) is 17.5 Å². The third-order valence-corrected chi connectivity index (χ3v) is 6.10. The first-order valence-electron chi connectivity index (χ1n) is 8.70. The molecule has 6 nitrogen and oxygen atoms in total. The van der Waals surface area contributed by atoms with Gasteiger partial charge in [0.05, 0.1) is 41.2 Å². The number of aromatic nitrogens is 2. The molecule has 132 valence electrons. The lowest BCUT2D eigenvalue weighted by Gasteiger charge is -2.40. The molecule has 0 aliphatic carbocycles. The fourth-order valence-corrected chi connectivity index (χ4v) is 4.69. The number of thiophene rings is 1. The standard InChI is InChI=1S/C18H22N4O2S/c1-12-9-21-13(10-20-12)11-22-17(23)16-8-14-15(25-16)2-7-24-18(14)3-5-19-6-4-18/h8-10,19H,2-7,11H2,1H3,(H,22,23). The quantitative estimate of drug-likeness (QED) is 0.877. The van der Waals surface area contributed by atoms with Crippen LogP contribution in [0.4, 0.5) is 0 Å². The van der Waals surface area contributed by atoms with Gasteiger partial charge in [-0.1, -0.05) is 0 Å². The van der Waals surface area contributed by atoms with Crippen molar-refractivity contribution < 1.29 is 9.53 Å². The molecule has 4 rings (SSSR count). The van der Waals surface area contributed by atoms with Crippen LogP contribution in [0.3, 0.4) is 0 Å². The highest BCUT2D eigenvalue weighted by atomic mass is 32.1. The Morgan fingerprint density at radius 2 is 2.20 bits per heavy atom. The number of carbonyl (C=O) groups excluding carboxylic acids is 1. The molecule has 4 heterocycles. The lowest BCUT2D eigenvalue weighted by atomic mass is 9.83. The topological polar surface area (TPSA) is 76.1 Å². The highest BCUT2D eigenvalue weighted by Gasteiger charge is 2.40. The number of nitrogens with one attached hydrogen (secondary N) is 2. The van der Waals surface area contributed by atoms with E-state index in [0.717, 1.165) is 55.2 Å². The first kappa shape index (κ1) is 16.6. The smallest absolute Gasteiger partial charge is 0.261 e. The average Bonchev–Trinajstić information content (AvgIpc) is 3.08. The van der Waals surface area contributed by atoms with Crippen molar-refractivity contribution in [2.45, 2.75) is 38.3 Å². The van der Waals surface area contributed by atoms with Crippen LogP contribution >= 0.6 is 11.3 Å². The van der Waals surface area contributed by atoms with E-state index in [9.17, 15) is 4.79 Å². The Balaban J connectivity index is 1.49. The van der Waals surface area contributed by atoms with Crippen molar-refractivity contribution in [3.63, 3.8) is 0 Å². The number of carbonyl (C=O) groups is 1. The van der Waals surface area contributed by atoms with E-state index >= 15 is 0 Å². The van der Waals surface area contributed by atoms with E-state index in [2.05, 4.69) is 20.6 Å². The minimum absolute atomic E-state index is 0.0501. The van der Waals surface area contributed by atoms with E-state index < -0.39 is 0 Å². The lowest BCUT2D eigenvalue weighted by Crippen LogP contribution is -2.44. The van der Waals surface area contributed by atoms with Crippen molar-refractivity contribution in [1.29, 1.82) is 0 Å². The lowest BCUT2D eigenvalue weighted by molar-refractivity contribution is -0.0792. The Morgan fingerprint density at radius 1 is 1.36 bits per heavy atom. The molecule has 2 aliphatic rings. The van der Waals surface area contributed by atoms with Crippen LogP contribution in [0.5, 0.6) is 0 Å². The molecule has 2 N–H and O–H groups in total. The number of fused-ring (bicyclic) bond motifs is 2. The van der Waals surface area contributed by atoms with Gasteiger partial charge in [0.2, 0.25) is 0 Å². The zero-order chi connectivity index (χ0) is 17.3. The number of amides is 1. The Labute approximate surface area is 151 Å². The van der Waals surface area contributed by atoms with Crippen LogP contribution in [0.25, 0.3) is 0 Å². The van der Waals surface area contributed by atoms with Gasteiger partial charge in [0.15, 0.2) is 0 Å². The maximum absolute atomic E-state index is 12.6. The number of aryl methyl sites for hydroxylation is 1. The number of ether oxygens (including phenoxy) is 1. The Morgan fingerprint density at radius 3 is 2.96 bits per heavy atom. The van der Waals surface area contributed by atoms with E-state index in [4.69, 9.17) is 4.74 Å². The van der Waals surface area contributed by atoms with Gasteiger partial charge in [0.1, 0.15) is 0 Å². The molecule has 7 heteroatoms. The number of hydrogen-bond donors (Lipinski definition) is 2. The van der Waals surface area contributed by atoms with E-state index in [1.54, 1.807) is 23.7 Å². The minimum atomic E-state index is -0.198. The summed E-state index contributed by atoms with van der Waals surface area (Å²) in [5, 5.41) is 6.34. The fourth-order valence-electron chi connectivity index (χ4n) is 3.54. The van der Waals surface area contributed by atoms with E-state index in [1.807, 2.05) is 13.0 Å². The summed E-state index contributed by atoms with van der Waals surface area (Å²) in [6, 6.07) is 2.04. The first-order valence-corrected chi connectivity index (χ1v) is 9.51. The number of piperidine rings is 1. The Bertz CT molecular complexity index is 766. The predicted octanol–water partition coefficient (Wildman–Crippen LogP) is 1.93. The van der Waals surface area contributed by atoms with Crippen molar-refractivity contribution in [2.75, 3.05) is 19.7 Å². The number of nitrogens with zero attached hydrogens (tertiary/aromatic N) is 2. The van der Waals surface area contributed by atoms with Gasteiger partial charge in [0.25, 0.3) is 5.91 Å². The zero-order valence-electron chi connectivity index (χ0n) is 14.3. The van der Waals surface area contributed by atoms with Gasteiger partial charge in [-0.15, -0.1) is 11.3 Å².